The quantitative estimate of drug-likeness (QED) is 0.705. The van der Waals surface area contributed by atoms with Gasteiger partial charge in [-0.1, -0.05) is 33.6 Å². The summed E-state index contributed by atoms with van der Waals surface area (Å²) in [6, 6.07) is 0.842. The van der Waals surface area contributed by atoms with E-state index in [1.165, 1.54) is 44.4 Å². The maximum Gasteiger partial charge on any atom is 0.00751 e. The Morgan fingerprint density at radius 2 is 1.86 bits per heavy atom. The maximum atomic E-state index is 3.65. The molecule has 1 aliphatic rings. The van der Waals surface area contributed by atoms with E-state index in [0.29, 0.717) is 4.75 Å². The van der Waals surface area contributed by atoms with Gasteiger partial charge in [0, 0.05) is 10.8 Å². The molecule has 0 aromatic carbocycles. The van der Waals surface area contributed by atoms with Crippen LogP contribution in [-0.2, 0) is 0 Å². The number of thioether (sulfide) groups is 1. The molecule has 0 unspecified atom stereocenters. The minimum atomic E-state index is 0.438. The molecule has 1 nitrogen and oxygen atoms in total. The average molecular weight is 215 g/mol. The van der Waals surface area contributed by atoms with Gasteiger partial charge in [0.1, 0.15) is 0 Å². The molecule has 0 amide bonds. The molecule has 1 N–H and O–H groups in total. The second kappa shape index (κ2) is 6.02. The summed E-state index contributed by atoms with van der Waals surface area (Å²) in [5.74, 6) is 1.29. The molecular weight excluding hydrogens is 190 g/mol. The molecular formula is C12H25NS. The highest BCUT2D eigenvalue weighted by molar-refractivity contribution is 8.00. The smallest absolute Gasteiger partial charge is 0.00751 e. The Hall–Kier alpha value is 0.310. The zero-order valence-electron chi connectivity index (χ0n) is 9.94. The standard InChI is InChI=1S/C12H25NS/c1-12(2,3)14-10-6-9-13-11-7-4-5-8-11/h11,13H,4-10H2,1-3H3. The molecule has 1 rings (SSSR count). The topological polar surface area (TPSA) is 12.0 Å². The lowest BCUT2D eigenvalue weighted by Crippen LogP contribution is -2.27. The maximum absolute atomic E-state index is 3.65. The Morgan fingerprint density at radius 1 is 1.21 bits per heavy atom. The van der Waals surface area contributed by atoms with E-state index < -0.39 is 0 Å². The average Bonchev–Trinajstić information content (AvgIpc) is 2.54. The van der Waals surface area contributed by atoms with Crippen molar-refractivity contribution in [2.24, 2.45) is 0 Å². The van der Waals surface area contributed by atoms with Crippen molar-refractivity contribution in [3.8, 4) is 0 Å². The molecule has 0 heterocycles. The Labute approximate surface area is 93.4 Å². The van der Waals surface area contributed by atoms with Crippen molar-refractivity contribution in [3.63, 3.8) is 0 Å². The highest BCUT2D eigenvalue weighted by Crippen LogP contribution is 2.23. The normalized spacial score (nSPS) is 19.1. The van der Waals surface area contributed by atoms with Gasteiger partial charge < -0.3 is 5.32 Å². The van der Waals surface area contributed by atoms with Gasteiger partial charge in [-0.05, 0) is 31.6 Å². The lowest BCUT2D eigenvalue weighted by molar-refractivity contribution is 0.524. The molecule has 84 valence electrons. The fourth-order valence-electron chi connectivity index (χ4n) is 1.89. The minimum Gasteiger partial charge on any atom is -0.314 e. The summed E-state index contributed by atoms with van der Waals surface area (Å²) in [5, 5.41) is 3.65. The van der Waals surface area contributed by atoms with Crippen LogP contribution in [0.2, 0.25) is 0 Å². The van der Waals surface area contributed by atoms with E-state index in [2.05, 4.69) is 37.8 Å². The summed E-state index contributed by atoms with van der Waals surface area (Å²) in [5.41, 5.74) is 0. The number of hydrogen-bond acceptors (Lipinski definition) is 2. The van der Waals surface area contributed by atoms with Gasteiger partial charge >= 0.3 is 0 Å². The third kappa shape index (κ3) is 5.92. The molecule has 0 bridgehead atoms. The summed E-state index contributed by atoms with van der Waals surface area (Å²) in [6.07, 6.45) is 7.01. The molecule has 0 aliphatic heterocycles. The molecule has 1 fully saturated rings. The first kappa shape index (κ1) is 12.4. The first-order valence-corrected chi connectivity index (χ1v) is 6.94. The van der Waals surface area contributed by atoms with Crippen LogP contribution in [0.5, 0.6) is 0 Å². The van der Waals surface area contributed by atoms with Crippen molar-refractivity contribution in [2.45, 2.75) is 63.7 Å². The highest BCUT2D eigenvalue weighted by Gasteiger charge is 2.13. The Kier molecular flexibility index (Phi) is 5.32. The summed E-state index contributed by atoms with van der Waals surface area (Å²) in [6.45, 7) is 8.10. The first-order chi connectivity index (χ1) is 6.58. The summed E-state index contributed by atoms with van der Waals surface area (Å²) in [7, 11) is 0. The third-order valence-electron chi connectivity index (χ3n) is 2.64. The van der Waals surface area contributed by atoms with Crippen molar-refractivity contribution < 1.29 is 0 Å². The fourth-order valence-corrected chi connectivity index (χ4v) is 2.79. The van der Waals surface area contributed by atoms with Gasteiger partial charge in [-0.25, -0.2) is 0 Å². The Morgan fingerprint density at radius 3 is 2.43 bits per heavy atom. The van der Waals surface area contributed by atoms with Crippen LogP contribution in [0.3, 0.4) is 0 Å². The fraction of sp³-hybridized carbons (Fsp3) is 1.00. The lowest BCUT2D eigenvalue weighted by atomic mass is 10.2. The SMILES string of the molecule is CC(C)(C)SCCCNC1CCCC1. The molecule has 14 heavy (non-hydrogen) atoms. The van der Waals surface area contributed by atoms with Crippen molar-refractivity contribution in [2.75, 3.05) is 12.3 Å². The second-order valence-corrected chi connectivity index (χ2v) is 7.17. The van der Waals surface area contributed by atoms with Crippen LogP contribution in [0.1, 0.15) is 52.9 Å². The van der Waals surface area contributed by atoms with Crippen molar-refractivity contribution in [1.29, 1.82) is 0 Å². The lowest BCUT2D eigenvalue weighted by Gasteiger charge is -2.18. The number of hydrogen-bond donors (Lipinski definition) is 1. The van der Waals surface area contributed by atoms with Crippen LogP contribution >= 0.6 is 11.8 Å². The monoisotopic (exact) mass is 215 g/mol. The van der Waals surface area contributed by atoms with Gasteiger partial charge in [0.2, 0.25) is 0 Å². The van der Waals surface area contributed by atoms with E-state index in [4.69, 9.17) is 0 Å². The van der Waals surface area contributed by atoms with E-state index in [0.717, 1.165) is 6.04 Å². The van der Waals surface area contributed by atoms with E-state index in [1.807, 2.05) is 0 Å². The van der Waals surface area contributed by atoms with Gasteiger partial charge in [-0.15, -0.1) is 0 Å². The van der Waals surface area contributed by atoms with Crippen molar-refractivity contribution in [3.05, 3.63) is 0 Å². The summed E-state index contributed by atoms with van der Waals surface area (Å²) >= 11 is 2.08. The number of nitrogens with one attached hydrogen (secondary N) is 1. The third-order valence-corrected chi connectivity index (χ3v) is 4.00. The van der Waals surface area contributed by atoms with Gasteiger partial charge in [0.25, 0.3) is 0 Å². The van der Waals surface area contributed by atoms with Crippen LogP contribution in [-0.4, -0.2) is 23.1 Å². The molecule has 1 aliphatic carbocycles. The van der Waals surface area contributed by atoms with E-state index >= 15 is 0 Å². The van der Waals surface area contributed by atoms with Crippen molar-refractivity contribution >= 4 is 11.8 Å². The molecule has 0 atom stereocenters. The largest absolute Gasteiger partial charge is 0.314 e. The van der Waals surface area contributed by atoms with Crippen LogP contribution in [0.15, 0.2) is 0 Å². The van der Waals surface area contributed by atoms with Gasteiger partial charge in [-0.2, -0.15) is 11.8 Å². The summed E-state index contributed by atoms with van der Waals surface area (Å²) < 4.78 is 0.438. The van der Waals surface area contributed by atoms with E-state index in [-0.39, 0.29) is 0 Å². The predicted molar refractivity (Wildman–Crippen MR) is 67.1 cm³/mol. The van der Waals surface area contributed by atoms with Crippen molar-refractivity contribution in [1.82, 2.24) is 5.32 Å². The van der Waals surface area contributed by atoms with Gasteiger partial charge in [0.15, 0.2) is 0 Å². The van der Waals surface area contributed by atoms with E-state index in [1.54, 1.807) is 0 Å². The molecule has 0 aromatic heterocycles. The minimum absolute atomic E-state index is 0.438. The molecule has 0 saturated heterocycles. The van der Waals surface area contributed by atoms with Crippen LogP contribution in [0.4, 0.5) is 0 Å². The first-order valence-electron chi connectivity index (χ1n) is 5.95. The Balaban J connectivity index is 1.89. The second-order valence-electron chi connectivity index (χ2n) is 5.25. The highest BCUT2D eigenvalue weighted by atomic mass is 32.2. The van der Waals surface area contributed by atoms with Gasteiger partial charge in [-0.3, -0.25) is 0 Å². The summed E-state index contributed by atoms with van der Waals surface area (Å²) in [4.78, 5) is 0. The zero-order chi connectivity index (χ0) is 10.4. The molecule has 2 heteroatoms. The predicted octanol–water partition coefficient (Wildman–Crippen LogP) is 3.44. The number of rotatable bonds is 5. The van der Waals surface area contributed by atoms with Crippen LogP contribution in [0, 0.1) is 0 Å². The molecule has 0 spiro atoms. The molecule has 0 radical (unpaired) electrons. The molecule has 0 aromatic rings. The van der Waals surface area contributed by atoms with Crippen LogP contribution < -0.4 is 5.32 Å². The zero-order valence-corrected chi connectivity index (χ0v) is 10.8. The van der Waals surface area contributed by atoms with E-state index in [9.17, 15) is 0 Å². The van der Waals surface area contributed by atoms with Gasteiger partial charge in [0.05, 0.1) is 0 Å². The Bertz CT molecular complexity index is 145. The van der Waals surface area contributed by atoms with Crippen LogP contribution in [0.25, 0.3) is 0 Å². The molecule has 1 saturated carbocycles.